The Balaban J connectivity index is 1.93. The fourth-order valence-electron chi connectivity index (χ4n) is 3.17. The van der Waals surface area contributed by atoms with Gasteiger partial charge in [-0.2, -0.15) is 0 Å². The summed E-state index contributed by atoms with van der Waals surface area (Å²) >= 11 is 0. The minimum atomic E-state index is -0.966. The molecule has 126 valence electrons. The molecular formula is C16H17N3O5. The number of fused-ring (bicyclic) bond motifs is 1. The number of nitro groups is 1. The van der Waals surface area contributed by atoms with Gasteiger partial charge in [-0.3, -0.25) is 19.7 Å². The molecule has 0 bridgehead atoms. The second-order valence-corrected chi connectivity index (χ2v) is 6.38. The highest BCUT2D eigenvalue weighted by Crippen LogP contribution is 2.31. The molecular weight excluding hydrogens is 314 g/mol. The van der Waals surface area contributed by atoms with Crippen molar-refractivity contribution in [1.82, 2.24) is 9.88 Å². The summed E-state index contributed by atoms with van der Waals surface area (Å²) in [5.41, 5.74) is -0.537. The van der Waals surface area contributed by atoms with Crippen LogP contribution in [0.25, 0.3) is 10.9 Å². The van der Waals surface area contributed by atoms with Crippen molar-refractivity contribution in [3.8, 4) is 0 Å². The van der Waals surface area contributed by atoms with Crippen molar-refractivity contribution in [3.05, 3.63) is 40.1 Å². The van der Waals surface area contributed by atoms with Gasteiger partial charge >= 0.3 is 5.97 Å². The number of aliphatic carboxylic acids is 1. The SMILES string of the molecule is CC1(C(=O)O)CCCN(C(=O)c2cc3cccc([N+](=O)[O-])c3[nH]2)C1. The van der Waals surface area contributed by atoms with E-state index in [1.807, 2.05) is 0 Å². The molecule has 3 rings (SSSR count). The number of amides is 1. The third kappa shape index (κ3) is 2.60. The third-order valence-corrected chi connectivity index (χ3v) is 4.56. The van der Waals surface area contributed by atoms with Gasteiger partial charge in [-0.05, 0) is 25.8 Å². The number of H-pyrrole nitrogens is 1. The largest absolute Gasteiger partial charge is 0.481 e. The van der Waals surface area contributed by atoms with Crippen LogP contribution in [0.2, 0.25) is 0 Å². The van der Waals surface area contributed by atoms with Crippen LogP contribution >= 0.6 is 0 Å². The van der Waals surface area contributed by atoms with E-state index in [2.05, 4.69) is 4.98 Å². The lowest BCUT2D eigenvalue weighted by Crippen LogP contribution is -2.48. The average Bonchev–Trinajstić information content (AvgIpc) is 2.97. The van der Waals surface area contributed by atoms with Crippen molar-refractivity contribution in [1.29, 1.82) is 0 Å². The van der Waals surface area contributed by atoms with Crippen LogP contribution in [0.5, 0.6) is 0 Å². The van der Waals surface area contributed by atoms with Gasteiger partial charge in [-0.15, -0.1) is 0 Å². The third-order valence-electron chi connectivity index (χ3n) is 4.56. The number of aromatic amines is 1. The van der Waals surface area contributed by atoms with E-state index in [4.69, 9.17) is 0 Å². The molecule has 0 saturated carbocycles. The Labute approximate surface area is 137 Å². The predicted octanol–water partition coefficient (Wildman–Crippen LogP) is 2.40. The van der Waals surface area contributed by atoms with Gasteiger partial charge in [0.1, 0.15) is 11.2 Å². The summed E-state index contributed by atoms with van der Waals surface area (Å²) in [6.45, 7) is 2.22. The van der Waals surface area contributed by atoms with Crippen molar-refractivity contribution in [3.63, 3.8) is 0 Å². The number of para-hydroxylation sites is 1. The second kappa shape index (κ2) is 5.63. The van der Waals surface area contributed by atoms with Crippen molar-refractivity contribution in [2.24, 2.45) is 5.41 Å². The number of hydrogen-bond acceptors (Lipinski definition) is 4. The van der Waals surface area contributed by atoms with Crippen molar-refractivity contribution < 1.29 is 19.6 Å². The summed E-state index contributed by atoms with van der Waals surface area (Å²) in [6.07, 6.45) is 1.12. The molecule has 24 heavy (non-hydrogen) atoms. The number of carbonyl (C=O) groups excluding carboxylic acids is 1. The highest BCUT2D eigenvalue weighted by Gasteiger charge is 2.39. The number of carbonyl (C=O) groups is 2. The molecule has 0 aliphatic carbocycles. The summed E-state index contributed by atoms with van der Waals surface area (Å²) in [5.74, 6) is -1.26. The number of carboxylic acids is 1. The first kappa shape index (κ1) is 16.0. The quantitative estimate of drug-likeness (QED) is 0.661. The number of nitrogens with zero attached hydrogens (tertiary/aromatic N) is 2. The molecule has 0 radical (unpaired) electrons. The van der Waals surface area contributed by atoms with Crippen LogP contribution in [0.1, 0.15) is 30.3 Å². The zero-order valence-corrected chi connectivity index (χ0v) is 13.1. The Morgan fingerprint density at radius 1 is 1.42 bits per heavy atom. The molecule has 8 heteroatoms. The maximum atomic E-state index is 12.7. The molecule has 1 aromatic carbocycles. The first-order chi connectivity index (χ1) is 11.3. The lowest BCUT2D eigenvalue weighted by atomic mass is 9.82. The molecule has 1 aromatic heterocycles. The summed E-state index contributed by atoms with van der Waals surface area (Å²) in [7, 11) is 0. The maximum absolute atomic E-state index is 12.7. The van der Waals surface area contributed by atoms with Gasteiger partial charge < -0.3 is 15.0 Å². The monoisotopic (exact) mass is 331 g/mol. The number of likely N-dealkylation sites (tertiary alicyclic amines) is 1. The highest BCUT2D eigenvalue weighted by molar-refractivity contribution is 6.00. The molecule has 1 saturated heterocycles. The standard InChI is InChI=1S/C16H17N3O5/c1-16(15(21)22)6-3-7-18(9-16)14(20)11-8-10-4-2-5-12(19(23)24)13(10)17-11/h2,4-5,8,17H,3,6-7,9H2,1H3,(H,21,22). The number of benzene rings is 1. The lowest BCUT2D eigenvalue weighted by Gasteiger charge is -2.37. The van der Waals surface area contributed by atoms with E-state index in [-0.39, 0.29) is 23.8 Å². The average molecular weight is 331 g/mol. The van der Waals surface area contributed by atoms with Crippen LogP contribution < -0.4 is 0 Å². The first-order valence-corrected chi connectivity index (χ1v) is 7.61. The van der Waals surface area contributed by atoms with Crippen LogP contribution in [0.3, 0.4) is 0 Å². The van der Waals surface area contributed by atoms with Crippen LogP contribution in [0.15, 0.2) is 24.3 Å². The van der Waals surface area contributed by atoms with Gasteiger partial charge in [-0.1, -0.05) is 12.1 Å². The van der Waals surface area contributed by atoms with E-state index in [1.165, 1.54) is 11.0 Å². The van der Waals surface area contributed by atoms with Gasteiger partial charge in [0.2, 0.25) is 0 Å². The van der Waals surface area contributed by atoms with Crippen LogP contribution in [-0.4, -0.2) is 44.9 Å². The number of non-ortho nitro benzene ring substituents is 1. The molecule has 0 spiro atoms. The van der Waals surface area contributed by atoms with Crippen LogP contribution in [-0.2, 0) is 4.79 Å². The molecule has 1 aliphatic heterocycles. The summed E-state index contributed by atoms with van der Waals surface area (Å²) < 4.78 is 0. The number of hydrogen-bond donors (Lipinski definition) is 2. The lowest BCUT2D eigenvalue weighted by molar-refractivity contribution is -0.383. The number of nitrogens with one attached hydrogen (secondary N) is 1. The summed E-state index contributed by atoms with van der Waals surface area (Å²) in [5, 5.41) is 21.0. The number of carboxylic acid groups (broad SMARTS) is 1. The topological polar surface area (TPSA) is 117 Å². The highest BCUT2D eigenvalue weighted by atomic mass is 16.6. The van der Waals surface area contributed by atoms with E-state index < -0.39 is 16.3 Å². The van der Waals surface area contributed by atoms with Gasteiger partial charge in [0.05, 0.1) is 10.3 Å². The summed E-state index contributed by atoms with van der Waals surface area (Å²) in [4.78, 5) is 39.0. The molecule has 2 heterocycles. The van der Waals surface area contributed by atoms with Crippen molar-refractivity contribution >= 4 is 28.5 Å². The molecule has 8 nitrogen and oxygen atoms in total. The summed E-state index contributed by atoms with van der Waals surface area (Å²) in [6, 6.07) is 6.19. The smallest absolute Gasteiger partial charge is 0.311 e. The van der Waals surface area contributed by atoms with E-state index in [0.29, 0.717) is 30.3 Å². The first-order valence-electron chi connectivity index (χ1n) is 7.61. The van der Waals surface area contributed by atoms with E-state index in [0.717, 1.165) is 0 Å². The Kier molecular flexibility index (Phi) is 3.75. The normalized spacial score (nSPS) is 21.0. The zero-order valence-electron chi connectivity index (χ0n) is 13.1. The van der Waals surface area contributed by atoms with Gasteiger partial charge in [0.15, 0.2) is 0 Å². The number of rotatable bonds is 3. The maximum Gasteiger partial charge on any atom is 0.311 e. The van der Waals surface area contributed by atoms with E-state index in [9.17, 15) is 24.8 Å². The fourth-order valence-corrected chi connectivity index (χ4v) is 3.17. The van der Waals surface area contributed by atoms with Gasteiger partial charge in [0, 0.05) is 24.5 Å². The molecule has 1 atom stereocenters. The second-order valence-electron chi connectivity index (χ2n) is 6.38. The minimum Gasteiger partial charge on any atom is -0.481 e. The Morgan fingerprint density at radius 3 is 2.83 bits per heavy atom. The van der Waals surface area contributed by atoms with Crippen molar-refractivity contribution in [2.75, 3.05) is 13.1 Å². The van der Waals surface area contributed by atoms with Crippen molar-refractivity contribution in [2.45, 2.75) is 19.8 Å². The number of aromatic nitrogens is 1. The Hall–Kier alpha value is -2.90. The fraction of sp³-hybridized carbons (Fsp3) is 0.375. The minimum absolute atomic E-state index is 0.0967. The molecule has 1 amide bonds. The Bertz CT molecular complexity index is 843. The molecule has 2 aromatic rings. The number of nitro benzene ring substituents is 1. The zero-order chi connectivity index (χ0) is 17.5. The van der Waals surface area contributed by atoms with E-state index >= 15 is 0 Å². The molecule has 1 fully saturated rings. The van der Waals surface area contributed by atoms with Crippen LogP contribution in [0, 0.1) is 15.5 Å². The molecule has 1 aliphatic rings. The molecule has 1 unspecified atom stereocenters. The van der Waals surface area contributed by atoms with Crippen LogP contribution in [0.4, 0.5) is 5.69 Å². The van der Waals surface area contributed by atoms with Gasteiger partial charge in [0.25, 0.3) is 11.6 Å². The van der Waals surface area contributed by atoms with E-state index in [1.54, 1.807) is 25.1 Å². The van der Waals surface area contributed by atoms with Gasteiger partial charge in [-0.25, -0.2) is 0 Å². The Morgan fingerprint density at radius 2 is 2.17 bits per heavy atom. The molecule has 2 N–H and O–H groups in total. The predicted molar refractivity (Wildman–Crippen MR) is 85.8 cm³/mol. The number of piperidine rings is 1.